The van der Waals surface area contributed by atoms with E-state index in [0.717, 1.165) is 17.1 Å². The van der Waals surface area contributed by atoms with Gasteiger partial charge in [-0.25, -0.2) is 4.79 Å². The minimum atomic E-state index is -0.261. The first kappa shape index (κ1) is 12.8. The van der Waals surface area contributed by atoms with Gasteiger partial charge in [-0.3, -0.25) is 0 Å². The molecule has 20 heavy (non-hydrogen) atoms. The summed E-state index contributed by atoms with van der Waals surface area (Å²) in [6, 6.07) is 10.1. The number of hydrogen-bond acceptors (Lipinski definition) is 4. The molecule has 0 unspecified atom stereocenters. The first-order chi connectivity index (χ1) is 9.70. The number of benzene rings is 1. The fraction of sp³-hybridized carbons (Fsp3) is 0.312. The summed E-state index contributed by atoms with van der Waals surface area (Å²) >= 11 is 0. The average molecular weight is 271 g/mol. The third-order valence-corrected chi connectivity index (χ3v) is 3.70. The molecule has 1 aliphatic heterocycles. The van der Waals surface area contributed by atoms with Crippen molar-refractivity contribution in [1.29, 1.82) is 0 Å². The number of methoxy groups -OCH3 is 1. The Labute approximate surface area is 118 Å². The first-order valence-electron chi connectivity index (χ1n) is 6.68. The Kier molecular flexibility index (Phi) is 3.22. The van der Waals surface area contributed by atoms with Crippen molar-refractivity contribution in [3.63, 3.8) is 0 Å². The molecule has 0 saturated heterocycles. The van der Waals surface area contributed by atoms with E-state index < -0.39 is 0 Å². The van der Waals surface area contributed by atoms with E-state index in [1.807, 2.05) is 43.3 Å². The second-order valence-electron chi connectivity index (χ2n) is 5.00. The highest BCUT2D eigenvalue weighted by atomic mass is 16.5. The molecule has 1 aromatic rings. The number of anilines is 1. The Morgan fingerprint density at radius 3 is 2.80 bits per heavy atom. The van der Waals surface area contributed by atoms with Crippen molar-refractivity contribution in [1.82, 2.24) is 0 Å². The molecule has 2 aliphatic rings. The largest absolute Gasteiger partial charge is 0.475 e. The van der Waals surface area contributed by atoms with Crippen LogP contribution in [0.15, 0.2) is 53.4 Å². The van der Waals surface area contributed by atoms with Crippen molar-refractivity contribution in [2.75, 3.05) is 18.7 Å². The van der Waals surface area contributed by atoms with Crippen molar-refractivity contribution in [3.8, 4) is 0 Å². The number of hydrogen-bond donors (Lipinski definition) is 0. The molecule has 0 aromatic heterocycles. The van der Waals surface area contributed by atoms with Crippen LogP contribution >= 0.6 is 0 Å². The van der Waals surface area contributed by atoms with Crippen molar-refractivity contribution in [2.45, 2.75) is 13.3 Å². The number of para-hydroxylation sites is 1. The van der Waals surface area contributed by atoms with Gasteiger partial charge in [-0.2, -0.15) is 0 Å². The molecule has 4 heteroatoms. The van der Waals surface area contributed by atoms with Gasteiger partial charge in [0, 0.05) is 23.6 Å². The van der Waals surface area contributed by atoms with E-state index in [4.69, 9.17) is 9.47 Å². The molecular weight excluding hydrogens is 254 g/mol. The summed E-state index contributed by atoms with van der Waals surface area (Å²) in [5.74, 6) is 0.798. The molecule has 1 heterocycles. The molecule has 0 radical (unpaired) electrons. The molecule has 104 valence electrons. The lowest BCUT2D eigenvalue weighted by Gasteiger charge is -2.23. The van der Waals surface area contributed by atoms with E-state index in [0.29, 0.717) is 18.7 Å². The van der Waals surface area contributed by atoms with Crippen LogP contribution in [0.3, 0.4) is 0 Å². The molecule has 1 aromatic carbocycles. The van der Waals surface area contributed by atoms with Gasteiger partial charge < -0.3 is 14.4 Å². The van der Waals surface area contributed by atoms with Gasteiger partial charge >= 0.3 is 5.97 Å². The lowest BCUT2D eigenvalue weighted by molar-refractivity contribution is -0.136. The molecule has 1 atom stereocenters. The van der Waals surface area contributed by atoms with E-state index in [-0.39, 0.29) is 11.9 Å². The topological polar surface area (TPSA) is 38.8 Å². The van der Waals surface area contributed by atoms with E-state index in [1.54, 1.807) is 0 Å². The Morgan fingerprint density at radius 1 is 1.35 bits per heavy atom. The second kappa shape index (κ2) is 5.04. The molecule has 0 N–H and O–H groups in total. The minimum absolute atomic E-state index is 0.0987. The van der Waals surface area contributed by atoms with Crippen LogP contribution in [0, 0.1) is 5.92 Å². The molecule has 3 rings (SSSR count). The zero-order valence-electron chi connectivity index (χ0n) is 11.6. The highest BCUT2D eigenvalue weighted by molar-refractivity contribution is 5.89. The van der Waals surface area contributed by atoms with Crippen LogP contribution in [0.25, 0.3) is 0 Å². The fourth-order valence-electron chi connectivity index (χ4n) is 2.73. The second-order valence-corrected chi connectivity index (χ2v) is 5.00. The highest BCUT2D eigenvalue weighted by Gasteiger charge is 2.33. The predicted molar refractivity (Wildman–Crippen MR) is 75.8 cm³/mol. The lowest BCUT2D eigenvalue weighted by atomic mass is 9.93. The predicted octanol–water partition coefficient (Wildman–Crippen LogP) is 2.83. The molecular formula is C16H17NO3. The number of ether oxygens (including phenoxy) is 2. The summed E-state index contributed by atoms with van der Waals surface area (Å²) < 4.78 is 10.6. The molecule has 0 bridgehead atoms. The summed E-state index contributed by atoms with van der Waals surface area (Å²) in [7, 11) is 1.41. The maximum Gasteiger partial charge on any atom is 0.333 e. The number of allylic oxidation sites excluding steroid dienone is 2. The first-order valence-corrected chi connectivity index (χ1v) is 6.68. The van der Waals surface area contributed by atoms with Crippen LogP contribution in [-0.4, -0.2) is 19.8 Å². The Morgan fingerprint density at radius 2 is 2.10 bits per heavy atom. The van der Waals surface area contributed by atoms with E-state index in [9.17, 15) is 4.79 Å². The van der Waals surface area contributed by atoms with Gasteiger partial charge in [0.1, 0.15) is 5.76 Å². The zero-order chi connectivity index (χ0) is 14.1. The summed E-state index contributed by atoms with van der Waals surface area (Å²) in [6.07, 6.45) is 2.49. The van der Waals surface area contributed by atoms with Crippen LogP contribution in [0.1, 0.15) is 13.3 Å². The fourth-order valence-corrected chi connectivity index (χ4v) is 2.73. The SMILES string of the molecule is COC(=O)C1=C[C@H](C)C2=C(C1)N(c1ccccc1)CO2. The van der Waals surface area contributed by atoms with Gasteiger partial charge in [0.15, 0.2) is 6.73 Å². The third-order valence-electron chi connectivity index (χ3n) is 3.70. The normalized spacial score (nSPS) is 21.2. The van der Waals surface area contributed by atoms with Crippen LogP contribution in [0.5, 0.6) is 0 Å². The maximum atomic E-state index is 11.8. The summed E-state index contributed by atoms with van der Waals surface area (Å²) in [6.45, 7) is 2.53. The molecule has 0 fully saturated rings. The molecule has 0 saturated carbocycles. The van der Waals surface area contributed by atoms with Gasteiger partial charge in [-0.05, 0) is 12.1 Å². The third kappa shape index (κ3) is 2.07. The smallest absolute Gasteiger partial charge is 0.333 e. The average Bonchev–Trinajstić information content (AvgIpc) is 2.91. The van der Waals surface area contributed by atoms with Crippen LogP contribution in [0.2, 0.25) is 0 Å². The summed E-state index contributed by atoms with van der Waals surface area (Å²) in [4.78, 5) is 13.9. The quantitative estimate of drug-likeness (QED) is 0.775. The van der Waals surface area contributed by atoms with Crippen LogP contribution < -0.4 is 4.90 Å². The Balaban J connectivity index is 1.91. The van der Waals surface area contributed by atoms with Gasteiger partial charge in [0.2, 0.25) is 0 Å². The van der Waals surface area contributed by atoms with Crippen molar-refractivity contribution in [2.24, 2.45) is 5.92 Å². The Hall–Kier alpha value is -2.23. The van der Waals surface area contributed by atoms with E-state index in [1.165, 1.54) is 7.11 Å². The zero-order valence-corrected chi connectivity index (χ0v) is 11.6. The Bertz CT molecular complexity index is 589. The monoisotopic (exact) mass is 271 g/mol. The molecule has 0 amide bonds. The standard InChI is InChI=1S/C16H17NO3/c1-11-8-12(16(18)19-2)9-14-15(11)20-10-17(14)13-6-4-3-5-7-13/h3-8,11H,9-10H2,1-2H3/t11-/m0/s1. The molecule has 4 nitrogen and oxygen atoms in total. The van der Waals surface area contributed by atoms with Crippen LogP contribution in [-0.2, 0) is 14.3 Å². The van der Waals surface area contributed by atoms with Gasteiger partial charge in [0.05, 0.1) is 12.8 Å². The number of esters is 1. The number of carbonyl (C=O) groups excluding carboxylic acids is 1. The summed E-state index contributed by atoms with van der Waals surface area (Å²) in [5.41, 5.74) is 2.84. The number of carbonyl (C=O) groups is 1. The van der Waals surface area contributed by atoms with Crippen LogP contribution in [0.4, 0.5) is 5.69 Å². The lowest BCUT2D eigenvalue weighted by Crippen LogP contribution is -2.22. The van der Waals surface area contributed by atoms with Gasteiger partial charge in [-0.1, -0.05) is 31.2 Å². The maximum absolute atomic E-state index is 11.8. The van der Waals surface area contributed by atoms with Gasteiger partial charge in [0.25, 0.3) is 0 Å². The van der Waals surface area contributed by atoms with Crippen molar-refractivity contribution >= 4 is 11.7 Å². The van der Waals surface area contributed by atoms with Crippen molar-refractivity contribution in [3.05, 3.63) is 53.4 Å². The van der Waals surface area contributed by atoms with Crippen molar-refractivity contribution < 1.29 is 14.3 Å². The molecule has 1 aliphatic carbocycles. The number of rotatable bonds is 2. The number of nitrogens with zero attached hydrogens (tertiary/aromatic N) is 1. The van der Waals surface area contributed by atoms with E-state index in [2.05, 4.69) is 4.90 Å². The highest BCUT2D eigenvalue weighted by Crippen LogP contribution is 2.38. The van der Waals surface area contributed by atoms with E-state index >= 15 is 0 Å². The summed E-state index contributed by atoms with van der Waals surface area (Å²) in [5, 5.41) is 0. The minimum Gasteiger partial charge on any atom is -0.475 e. The molecule has 0 spiro atoms. The van der Waals surface area contributed by atoms with Gasteiger partial charge in [-0.15, -0.1) is 0 Å².